The maximum atomic E-state index is 8.83. The fraction of sp³-hybridized carbons (Fsp3) is 0.615. The summed E-state index contributed by atoms with van der Waals surface area (Å²) in [6, 6.07) is 1.80. The summed E-state index contributed by atoms with van der Waals surface area (Å²) >= 11 is 0. The van der Waals surface area contributed by atoms with Gasteiger partial charge in [-0.2, -0.15) is 5.26 Å². The van der Waals surface area contributed by atoms with Gasteiger partial charge in [-0.1, -0.05) is 0 Å². The average molecular weight is 260 g/mol. The van der Waals surface area contributed by atoms with E-state index in [1.807, 2.05) is 6.19 Å². The van der Waals surface area contributed by atoms with Crippen LogP contribution in [0.2, 0.25) is 0 Å². The molecule has 1 N–H and O–H groups in total. The van der Waals surface area contributed by atoms with Crippen LogP contribution in [-0.4, -0.2) is 48.6 Å². The number of aromatic nitrogens is 2. The average Bonchev–Trinajstić information content (AvgIpc) is 2.45. The molecular weight excluding hydrogens is 240 g/mol. The van der Waals surface area contributed by atoms with Crippen molar-refractivity contribution >= 4 is 11.6 Å². The first kappa shape index (κ1) is 13.6. The zero-order valence-corrected chi connectivity index (χ0v) is 11.5. The van der Waals surface area contributed by atoms with Gasteiger partial charge in [-0.05, 0) is 32.4 Å². The summed E-state index contributed by atoms with van der Waals surface area (Å²) in [5.74, 6) is 2.05. The molecule has 19 heavy (non-hydrogen) atoms. The van der Waals surface area contributed by atoms with Gasteiger partial charge in [0.25, 0.3) is 0 Å². The van der Waals surface area contributed by atoms with Crippen LogP contribution in [0, 0.1) is 17.4 Å². The van der Waals surface area contributed by atoms with Crippen LogP contribution in [0.4, 0.5) is 11.6 Å². The lowest BCUT2D eigenvalue weighted by atomic mass is 9.98. The molecule has 1 unspecified atom stereocenters. The molecule has 1 saturated heterocycles. The number of piperidine rings is 1. The molecule has 1 fully saturated rings. The van der Waals surface area contributed by atoms with Crippen molar-refractivity contribution in [3.63, 3.8) is 0 Å². The molecule has 1 aromatic rings. The highest BCUT2D eigenvalue weighted by Gasteiger charge is 2.16. The van der Waals surface area contributed by atoms with E-state index in [0.717, 1.165) is 18.9 Å². The standard InChI is InChI=1S/C13H20N6/c1-18-5-3-4-11(8-18)7-15-12-6-13(17-10-16-12)19(2)9-14/h6,10-11H,3-5,7-8H2,1-2H3,(H,15,16,17). The number of anilines is 2. The van der Waals surface area contributed by atoms with Crippen molar-refractivity contribution in [2.24, 2.45) is 5.92 Å². The Morgan fingerprint density at radius 1 is 1.58 bits per heavy atom. The smallest absolute Gasteiger partial charge is 0.185 e. The first-order valence-electron chi connectivity index (χ1n) is 6.57. The summed E-state index contributed by atoms with van der Waals surface area (Å²) in [7, 11) is 3.85. The summed E-state index contributed by atoms with van der Waals surface area (Å²) in [6.45, 7) is 3.24. The third-order valence-corrected chi connectivity index (χ3v) is 3.44. The van der Waals surface area contributed by atoms with Gasteiger partial charge >= 0.3 is 0 Å². The number of hydrogen-bond acceptors (Lipinski definition) is 6. The third kappa shape index (κ3) is 3.80. The quantitative estimate of drug-likeness (QED) is 0.647. The number of likely N-dealkylation sites (tertiary alicyclic amines) is 1. The topological polar surface area (TPSA) is 68.1 Å². The van der Waals surface area contributed by atoms with E-state index in [1.165, 1.54) is 30.6 Å². The van der Waals surface area contributed by atoms with Crippen molar-refractivity contribution in [3.05, 3.63) is 12.4 Å². The lowest BCUT2D eigenvalue weighted by Crippen LogP contribution is -2.35. The summed E-state index contributed by atoms with van der Waals surface area (Å²) in [6.07, 6.45) is 6.03. The van der Waals surface area contributed by atoms with Crippen molar-refractivity contribution in [1.82, 2.24) is 14.9 Å². The first-order valence-corrected chi connectivity index (χ1v) is 6.57. The molecule has 2 rings (SSSR count). The Balaban J connectivity index is 1.90. The Morgan fingerprint density at radius 2 is 2.42 bits per heavy atom. The van der Waals surface area contributed by atoms with Gasteiger partial charge in [-0.15, -0.1) is 0 Å². The molecule has 1 aliphatic rings. The van der Waals surface area contributed by atoms with E-state index in [9.17, 15) is 0 Å². The molecule has 1 aromatic heterocycles. The molecule has 6 nitrogen and oxygen atoms in total. The molecule has 6 heteroatoms. The monoisotopic (exact) mass is 260 g/mol. The van der Waals surface area contributed by atoms with E-state index in [4.69, 9.17) is 5.26 Å². The Labute approximate surface area is 114 Å². The van der Waals surface area contributed by atoms with Crippen LogP contribution in [0.1, 0.15) is 12.8 Å². The summed E-state index contributed by atoms with van der Waals surface area (Å²) in [4.78, 5) is 12.0. The van der Waals surface area contributed by atoms with E-state index in [-0.39, 0.29) is 0 Å². The molecule has 1 aliphatic heterocycles. The number of nitriles is 1. The zero-order chi connectivity index (χ0) is 13.7. The van der Waals surface area contributed by atoms with Crippen molar-refractivity contribution < 1.29 is 0 Å². The molecule has 1 atom stereocenters. The van der Waals surface area contributed by atoms with E-state index < -0.39 is 0 Å². The van der Waals surface area contributed by atoms with Gasteiger partial charge in [0.1, 0.15) is 18.0 Å². The van der Waals surface area contributed by atoms with Crippen LogP contribution in [0.15, 0.2) is 12.4 Å². The molecule has 0 amide bonds. The largest absolute Gasteiger partial charge is 0.370 e. The van der Waals surface area contributed by atoms with Gasteiger partial charge in [0.15, 0.2) is 6.19 Å². The molecule has 0 bridgehead atoms. The molecule has 0 saturated carbocycles. The van der Waals surface area contributed by atoms with Crippen molar-refractivity contribution in [1.29, 1.82) is 5.26 Å². The molecular formula is C13H20N6. The predicted molar refractivity (Wildman–Crippen MR) is 74.8 cm³/mol. The van der Waals surface area contributed by atoms with Crippen LogP contribution in [0.3, 0.4) is 0 Å². The van der Waals surface area contributed by atoms with Crippen molar-refractivity contribution in [3.8, 4) is 6.19 Å². The molecule has 2 heterocycles. The minimum Gasteiger partial charge on any atom is -0.370 e. The molecule has 0 aromatic carbocycles. The molecule has 102 valence electrons. The molecule has 0 aliphatic carbocycles. The number of nitrogens with zero attached hydrogens (tertiary/aromatic N) is 5. The zero-order valence-electron chi connectivity index (χ0n) is 11.5. The maximum Gasteiger partial charge on any atom is 0.185 e. The third-order valence-electron chi connectivity index (χ3n) is 3.44. The summed E-state index contributed by atoms with van der Waals surface area (Å²) in [5, 5.41) is 12.2. The van der Waals surface area contributed by atoms with Crippen LogP contribution in [0.5, 0.6) is 0 Å². The van der Waals surface area contributed by atoms with Crippen molar-refractivity contribution in [2.45, 2.75) is 12.8 Å². The normalized spacial score (nSPS) is 19.7. The second-order valence-electron chi connectivity index (χ2n) is 5.07. The Morgan fingerprint density at radius 3 is 3.16 bits per heavy atom. The Kier molecular flexibility index (Phi) is 4.53. The Bertz CT molecular complexity index is 455. The van der Waals surface area contributed by atoms with E-state index in [0.29, 0.717) is 11.7 Å². The Hall–Kier alpha value is -1.87. The van der Waals surface area contributed by atoms with Crippen LogP contribution in [-0.2, 0) is 0 Å². The minimum absolute atomic E-state index is 0.612. The minimum atomic E-state index is 0.612. The van der Waals surface area contributed by atoms with Gasteiger partial charge in [0, 0.05) is 26.2 Å². The predicted octanol–water partition coefficient (Wildman–Crippen LogP) is 1.15. The molecule has 0 spiro atoms. The van der Waals surface area contributed by atoms with Crippen molar-refractivity contribution in [2.75, 3.05) is 43.9 Å². The van der Waals surface area contributed by atoms with E-state index in [2.05, 4.69) is 27.2 Å². The fourth-order valence-corrected chi connectivity index (χ4v) is 2.37. The number of hydrogen-bond donors (Lipinski definition) is 1. The van der Waals surface area contributed by atoms with Crippen LogP contribution >= 0.6 is 0 Å². The highest BCUT2D eigenvalue weighted by molar-refractivity contribution is 5.50. The van der Waals surface area contributed by atoms with Gasteiger partial charge in [0.2, 0.25) is 0 Å². The number of rotatable bonds is 4. The lowest BCUT2D eigenvalue weighted by Gasteiger charge is -2.29. The van der Waals surface area contributed by atoms with Gasteiger partial charge in [0.05, 0.1) is 0 Å². The first-order chi connectivity index (χ1) is 9.19. The highest BCUT2D eigenvalue weighted by Crippen LogP contribution is 2.17. The lowest BCUT2D eigenvalue weighted by molar-refractivity contribution is 0.217. The second kappa shape index (κ2) is 6.34. The van der Waals surface area contributed by atoms with Gasteiger partial charge in [-0.25, -0.2) is 9.97 Å². The summed E-state index contributed by atoms with van der Waals surface area (Å²) < 4.78 is 0. The highest BCUT2D eigenvalue weighted by atomic mass is 15.2. The fourth-order valence-electron chi connectivity index (χ4n) is 2.37. The second-order valence-corrected chi connectivity index (χ2v) is 5.07. The van der Waals surface area contributed by atoms with Gasteiger partial charge < -0.3 is 10.2 Å². The van der Waals surface area contributed by atoms with E-state index >= 15 is 0 Å². The summed E-state index contributed by atoms with van der Waals surface area (Å²) in [5.41, 5.74) is 0. The van der Waals surface area contributed by atoms with Gasteiger partial charge in [-0.3, -0.25) is 4.90 Å². The van der Waals surface area contributed by atoms with Crippen LogP contribution < -0.4 is 10.2 Å². The van der Waals surface area contributed by atoms with E-state index in [1.54, 1.807) is 13.1 Å². The van der Waals surface area contributed by atoms with Crippen LogP contribution in [0.25, 0.3) is 0 Å². The maximum absolute atomic E-state index is 8.83. The SMILES string of the molecule is CN1CCCC(CNc2cc(N(C)C#N)ncn2)C1. The number of nitrogens with one attached hydrogen (secondary N) is 1. The molecule has 0 radical (unpaired) electrons.